The Bertz CT molecular complexity index is 785. The van der Waals surface area contributed by atoms with Crippen LogP contribution in [0.4, 0.5) is 33.7 Å². The highest BCUT2D eigenvalue weighted by atomic mass is 19.4. The van der Waals surface area contributed by atoms with Gasteiger partial charge in [0.2, 0.25) is 5.91 Å². The van der Waals surface area contributed by atoms with Gasteiger partial charge in [0.05, 0.1) is 11.6 Å². The highest BCUT2D eigenvalue weighted by Gasteiger charge is 2.31. The molecule has 6 nitrogen and oxygen atoms in total. The molecular weight excluding hydrogens is 406 g/mol. The molecule has 1 aliphatic rings. The number of nitrogens with one attached hydrogen (secondary N) is 2. The van der Waals surface area contributed by atoms with E-state index >= 15 is 0 Å². The van der Waals surface area contributed by atoms with Gasteiger partial charge in [-0.1, -0.05) is 0 Å². The van der Waals surface area contributed by atoms with Crippen LogP contribution >= 0.6 is 0 Å². The fourth-order valence-corrected chi connectivity index (χ4v) is 3.15. The minimum Gasteiger partial charge on any atom is -0.444 e. The number of ether oxygens (including phenoxy) is 1. The second-order valence-electron chi connectivity index (χ2n) is 8.27. The lowest BCUT2D eigenvalue weighted by Gasteiger charge is -2.26. The van der Waals surface area contributed by atoms with Gasteiger partial charge in [-0.2, -0.15) is 13.2 Å². The van der Waals surface area contributed by atoms with Crippen LogP contribution in [0.25, 0.3) is 0 Å². The van der Waals surface area contributed by atoms with Crippen LogP contribution in [0.5, 0.6) is 0 Å². The first-order valence-electron chi connectivity index (χ1n) is 9.69. The molecule has 1 fully saturated rings. The summed E-state index contributed by atoms with van der Waals surface area (Å²) in [6.45, 7) is 6.27. The zero-order chi connectivity index (χ0) is 22.7. The fraction of sp³-hybridized carbons (Fsp3) is 0.600. The number of amides is 2. The lowest BCUT2D eigenvalue weighted by Crippen LogP contribution is -2.36. The number of hydrogen-bond donors (Lipinski definition) is 2. The quantitative estimate of drug-likeness (QED) is 0.669. The minimum atomic E-state index is -4.54. The Hall–Kier alpha value is -2.52. The van der Waals surface area contributed by atoms with Crippen molar-refractivity contribution in [3.05, 3.63) is 23.5 Å². The maximum Gasteiger partial charge on any atom is 0.412 e. The highest BCUT2D eigenvalue weighted by molar-refractivity contribution is 5.89. The van der Waals surface area contributed by atoms with Crippen LogP contribution in [0.3, 0.4) is 0 Å². The SMILES string of the molecule is CC(C(=O)NCC(F)(F)F)c1cc(F)c(NC(=O)OC(C)(C)C)cc1N1CCCC1. The number of benzene rings is 1. The normalized spacial score (nSPS) is 15.7. The summed E-state index contributed by atoms with van der Waals surface area (Å²) in [5.41, 5.74) is -0.153. The summed E-state index contributed by atoms with van der Waals surface area (Å²) in [7, 11) is 0. The number of carbonyl (C=O) groups excluding carboxylic acids is 2. The minimum absolute atomic E-state index is 0.127. The van der Waals surface area contributed by atoms with Crippen LogP contribution < -0.4 is 15.5 Å². The molecule has 0 spiro atoms. The summed E-state index contributed by atoms with van der Waals surface area (Å²) in [5.74, 6) is -2.69. The highest BCUT2D eigenvalue weighted by Crippen LogP contribution is 2.35. The number of alkyl halides is 3. The molecule has 0 aliphatic carbocycles. The van der Waals surface area contributed by atoms with E-state index in [-0.39, 0.29) is 11.3 Å². The van der Waals surface area contributed by atoms with Crippen molar-refractivity contribution >= 4 is 23.4 Å². The fourth-order valence-electron chi connectivity index (χ4n) is 3.15. The van der Waals surface area contributed by atoms with Gasteiger partial charge in [-0.3, -0.25) is 10.1 Å². The van der Waals surface area contributed by atoms with Crippen molar-refractivity contribution < 1.29 is 31.9 Å². The van der Waals surface area contributed by atoms with Crippen LogP contribution in [0.2, 0.25) is 0 Å². The van der Waals surface area contributed by atoms with Crippen molar-refractivity contribution in [1.82, 2.24) is 5.32 Å². The number of nitrogens with zero attached hydrogens (tertiary/aromatic N) is 1. The van der Waals surface area contributed by atoms with Crippen molar-refractivity contribution in [2.24, 2.45) is 0 Å². The molecule has 2 rings (SSSR count). The van der Waals surface area contributed by atoms with Gasteiger partial charge in [0.25, 0.3) is 0 Å². The smallest absolute Gasteiger partial charge is 0.412 e. The van der Waals surface area contributed by atoms with E-state index in [1.807, 2.05) is 10.2 Å². The van der Waals surface area contributed by atoms with Crippen LogP contribution in [-0.4, -0.2) is 43.4 Å². The Kier molecular flexibility index (Phi) is 7.20. The molecule has 1 saturated heterocycles. The number of halogens is 4. The lowest BCUT2D eigenvalue weighted by molar-refractivity contribution is -0.139. The zero-order valence-electron chi connectivity index (χ0n) is 17.5. The summed E-state index contributed by atoms with van der Waals surface area (Å²) in [5, 5.41) is 4.19. The van der Waals surface area contributed by atoms with Crippen molar-refractivity contribution in [3.8, 4) is 0 Å². The van der Waals surface area contributed by atoms with Crippen molar-refractivity contribution in [2.45, 2.75) is 58.2 Å². The molecule has 1 aromatic rings. The number of anilines is 2. The van der Waals surface area contributed by atoms with E-state index in [0.29, 0.717) is 18.8 Å². The Morgan fingerprint density at radius 1 is 1.17 bits per heavy atom. The summed E-state index contributed by atoms with van der Waals surface area (Å²) < 4.78 is 57.1. The van der Waals surface area contributed by atoms with Crippen LogP contribution in [0.1, 0.15) is 52.0 Å². The maximum absolute atomic E-state index is 14.7. The third-order valence-electron chi connectivity index (χ3n) is 4.52. The summed E-state index contributed by atoms with van der Waals surface area (Å²) in [6.07, 6.45) is -3.60. The topological polar surface area (TPSA) is 70.7 Å². The zero-order valence-corrected chi connectivity index (χ0v) is 17.5. The second kappa shape index (κ2) is 9.09. The first-order valence-corrected chi connectivity index (χ1v) is 9.69. The molecule has 2 N–H and O–H groups in total. The molecule has 1 aliphatic heterocycles. The Morgan fingerprint density at radius 3 is 2.30 bits per heavy atom. The van der Waals surface area contributed by atoms with E-state index in [2.05, 4.69) is 5.32 Å². The first-order chi connectivity index (χ1) is 13.8. The Balaban J connectivity index is 2.32. The number of carbonyl (C=O) groups is 2. The van der Waals surface area contributed by atoms with Gasteiger partial charge in [0, 0.05) is 18.8 Å². The molecule has 0 bridgehead atoms. The van der Waals surface area contributed by atoms with E-state index in [4.69, 9.17) is 4.74 Å². The molecule has 0 saturated carbocycles. The summed E-state index contributed by atoms with van der Waals surface area (Å²) in [4.78, 5) is 26.2. The largest absolute Gasteiger partial charge is 0.444 e. The van der Waals surface area contributed by atoms with E-state index in [1.54, 1.807) is 20.8 Å². The lowest BCUT2D eigenvalue weighted by atomic mass is 9.96. The van der Waals surface area contributed by atoms with Gasteiger partial charge in [-0.15, -0.1) is 0 Å². The van der Waals surface area contributed by atoms with E-state index < -0.39 is 42.1 Å². The Labute approximate surface area is 172 Å². The molecular formula is C20H27F4N3O3. The molecule has 0 radical (unpaired) electrons. The molecule has 30 heavy (non-hydrogen) atoms. The van der Waals surface area contributed by atoms with Crippen LogP contribution in [0, 0.1) is 5.82 Å². The molecule has 1 aromatic carbocycles. The van der Waals surface area contributed by atoms with Gasteiger partial charge in [0.15, 0.2) is 0 Å². The molecule has 2 amide bonds. The van der Waals surface area contributed by atoms with E-state index in [0.717, 1.165) is 18.9 Å². The van der Waals surface area contributed by atoms with Gasteiger partial charge in [-0.25, -0.2) is 9.18 Å². The Morgan fingerprint density at radius 2 is 1.77 bits per heavy atom. The monoisotopic (exact) mass is 433 g/mol. The summed E-state index contributed by atoms with van der Waals surface area (Å²) in [6, 6.07) is 2.48. The third-order valence-corrected chi connectivity index (χ3v) is 4.52. The molecule has 0 aromatic heterocycles. The molecule has 10 heteroatoms. The first kappa shape index (κ1) is 23.8. The molecule has 1 heterocycles. The average molecular weight is 433 g/mol. The number of hydrogen-bond acceptors (Lipinski definition) is 4. The van der Waals surface area contributed by atoms with Crippen LogP contribution in [0.15, 0.2) is 12.1 Å². The van der Waals surface area contributed by atoms with Gasteiger partial charge < -0.3 is 15.0 Å². The predicted octanol–water partition coefficient (Wildman–Crippen LogP) is 4.55. The maximum atomic E-state index is 14.7. The molecule has 1 atom stereocenters. The number of rotatable bonds is 5. The van der Waals surface area contributed by atoms with Gasteiger partial charge in [-0.05, 0) is 58.2 Å². The van der Waals surface area contributed by atoms with Gasteiger partial charge in [0.1, 0.15) is 18.0 Å². The summed E-state index contributed by atoms with van der Waals surface area (Å²) >= 11 is 0. The molecule has 168 valence electrons. The van der Waals surface area contributed by atoms with Crippen LogP contribution in [-0.2, 0) is 9.53 Å². The average Bonchev–Trinajstić information content (AvgIpc) is 3.12. The van der Waals surface area contributed by atoms with Crippen molar-refractivity contribution in [2.75, 3.05) is 29.9 Å². The predicted molar refractivity (Wildman–Crippen MR) is 105 cm³/mol. The second-order valence-corrected chi connectivity index (χ2v) is 8.27. The third kappa shape index (κ3) is 6.77. The van der Waals surface area contributed by atoms with Crippen molar-refractivity contribution in [3.63, 3.8) is 0 Å². The molecule has 1 unspecified atom stereocenters. The van der Waals surface area contributed by atoms with Crippen molar-refractivity contribution in [1.29, 1.82) is 0 Å². The van der Waals surface area contributed by atoms with Gasteiger partial charge >= 0.3 is 12.3 Å². The van der Waals surface area contributed by atoms with E-state index in [1.165, 1.54) is 13.0 Å². The standard InChI is InChI=1S/C20H27F4N3O3/c1-12(17(28)25-11-20(22,23)24)13-9-14(21)15(26-18(29)30-19(2,3)4)10-16(13)27-7-5-6-8-27/h9-10,12H,5-8,11H2,1-4H3,(H,25,28)(H,26,29). The van der Waals surface area contributed by atoms with E-state index in [9.17, 15) is 27.2 Å².